The molecule has 10 heavy (non-hydrogen) atoms. The number of nitrogens with one attached hydrogen (secondary N) is 1. The van der Waals surface area contributed by atoms with Crippen molar-refractivity contribution in [2.75, 3.05) is 0 Å². The topological polar surface area (TPSA) is 50.7 Å². The maximum atomic E-state index is 10.9. The molecular formula is C6H6N2O2. The molecule has 2 aliphatic rings. The molecule has 0 spiro atoms. The molecule has 0 radical (unpaired) electrons. The third-order valence-electron chi connectivity index (χ3n) is 1.55. The Kier molecular flexibility index (Phi) is 1.00. The summed E-state index contributed by atoms with van der Waals surface area (Å²) in [5.41, 5.74) is 2.25. The van der Waals surface area contributed by atoms with Crippen LogP contribution in [0, 0.1) is 5.92 Å². The number of aliphatic imine (C=N–C) groups is 1. The molecule has 2 rings (SSSR count). The van der Waals surface area contributed by atoms with Gasteiger partial charge in [0, 0.05) is 6.20 Å². The summed E-state index contributed by atoms with van der Waals surface area (Å²) in [6.07, 6.45) is 4.19. The Morgan fingerprint density at radius 2 is 2.70 bits per heavy atom. The van der Waals surface area contributed by atoms with Gasteiger partial charge in [0.05, 0.1) is 0 Å². The van der Waals surface area contributed by atoms with E-state index in [9.17, 15) is 4.79 Å². The van der Waals surface area contributed by atoms with Gasteiger partial charge in [0.25, 0.3) is 5.91 Å². The molecule has 2 aliphatic heterocycles. The van der Waals surface area contributed by atoms with Crippen molar-refractivity contribution >= 4 is 11.8 Å². The second kappa shape index (κ2) is 1.83. The van der Waals surface area contributed by atoms with Crippen LogP contribution in [-0.2, 0) is 9.63 Å². The van der Waals surface area contributed by atoms with Gasteiger partial charge >= 0.3 is 0 Å². The molecule has 0 aromatic rings. The number of hydrogen-bond donors (Lipinski definition) is 1. The average Bonchev–Trinajstić information content (AvgIpc) is 2.34. The van der Waals surface area contributed by atoms with Gasteiger partial charge in [0.2, 0.25) is 5.90 Å². The minimum absolute atomic E-state index is 0.0944. The number of hydroxylamine groups is 1. The second-order valence-corrected chi connectivity index (χ2v) is 2.21. The van der Waals surface area contributed by atoms with Crippen molar-refractivity contribution in [1.82, 2.24) is 5.48 Å². The van der Waals surface area contributed by atoms with Crippen molar-refractivity contribution in [3.05, 3.63) is 12.3 Å². The molecule has 2 heterocycles. The van der Waals surface area contributed by atoms with Gasteiger partial charge in [-0.05, 0) is 6.42 Å². The quantitative estimate of drug-likeness (QED) is 0.511. The van der Waals surface area contributed by atoms with E-state index in [1.54, 1.807) is 6.20 Å². The van der Waals surface area contributed by atoms with Crippen molar-refractivity contribution < 1.29 is 9.63 Å². The first kappa shape index (κ1) is 5.46. The van der Waals surface area contributed by atoms with E-state index < -0.39 is 0 Å². The minimum atomic E-state index is -0.176. The molecule has 1 atom stereocenters. The normalized spacial score (nSPS) is 28.6. The van der Waals surface area contributed by atoms with Crippen LogP contribution in [0.15, 0.2) is 17.3 Å². The third-order valence-corrected chi connectivity index (χ3v) is 1.55. The fourth-order valence-electron chi connectivity index (χ4n) is 1.00. The minimum Gasteiger partial charge on any atom is -0.363 e. The fourth-order valence-corrected chi connectivity index (χ4v) is 1.00. The number of nitrogens with zero attached hydrogens (tertiary/aromatic N) is 1. The summed E-state index contributed by atoms with van der Waals surface area (Å²) in [5, 5.41) is 0. The van der Waals surface area contributed by atoms with E-state index in [2.05, 4.69) is 10.5 Å². The second-order valence-electron chi connectivity index (χ2n) is 2.21. The van der Waals surface area contributed by atoms with Crippen molar-refractivity contribution in [2.45, 2.75) is 6.42 Å². The molecule has 0 aromatic heterocycles. The summed E-state index contributed by atoms with van der Waals surface area (Å²) in [7, 11) is 0. The van der Waals surface area contributed by atoms with Gasteiger partial charge in [-0.2, -0.15) is 5.48 Å². The lowest BCUT2D eigenvalue weighted by molar-refractivity contribution is -0.125. The summed E-state index contributed by atoms with van der Waals surface area (Å²) in [4.78, 5) is 19.5. The van der Waals surface area contributed by atoms with Crippen LogP contribution in [0.1, 0.15) is 6.42 Å². The molecular weight excluding hydrogens is 132 g/mol. The van der Waals surface area contributed by atoms with Gasteiger partial charge in [-0.3, -0.25) is 4.79 Å². The first-order chi connectivity index (χ1) is 4.88. The highest BCUT2D eigenvalue weighted by atomic mass is 16.7. The molecule has 1 fully saturated rings. The van der Waals surface area contributed by atoms with E-state index in [1.807, 2.05) is 6.08 Å². The summed E-state index contributed by atoms with van der Waals surface area (Å²) in [6, 6.07) is 0. The maximum absolute atomic E-state index is 10.9. The van der Waals surface area contributed by atoms with Crippen LogP contribution in [0.25, 0.3) is 0 Å². The van der Waals surface area contributed by atoms with E-state index in [1.165, 1.54) is 0 Å². The number of hydrogen-bond acceptors (Lipinski definition) is 3. The van der Waals surface area contributed by atoms with Crippen LogP contribution in [-0.4, -0.2) is 11.8 Å². The molecule has 1 unspecified atom stereocenters. The van der Waals surface area contributed by atoms with E-state index in [-0.39, 0.29) is 11.8 Å². The first-order valence-corrected chi connectivity index (χ1v) is 3.07. The largest absolute Gasteiger partial charge is 0.363 e. The smallest absolute Gasteiger partial charge is 0.265 e. The van der Waals surface area contributed by atoms with Gasteiger partial charge in [0.15, 0.2) is 0 Å². The fraction of sp³-hybridized carbons (Fsp3) is 0.333. The van der Waals surface area contributed by atoms with E-state index in [0.29, 0.717) is 12.3 Å². The lowest BCUT2D eigenvalue weighted by atomic mass is 10.0. The Morgan fingerprint density at radius 1 is 1.80 bits per heavy atom. The van der Waals surface area contributed by atoms with E-state index >= 15 is 0 Å². The summed E-state index contributed by atoms with van der Waals surface area (Å²) in [6.45, 7) is 0. The number of amides is 1. The summed E-state index contributed by atoms with van der Waals surface area (Å²) in [5.74, 6) is 0.223. The Balaban J connectivity index is 2.31. The molecule has 1 saturated heterocycles. The van der Waals surface area contributed by atoms with Crippen LogP contribution in [0.2, 0.25) is 0 Å². The van der Waals surface area contributed by atoms with Crippen molar-refractivity contribution in [2.24, 2.45) is 10.9 Å². The Bertz CT molecular complexity index is 232. The highest BCUT2D eigenvalue weighted by Crippen LogP contribution is 2.17. The van der Waals surface area contributed by atoms with Crippen molar-refractivity contribution in [1.29, 1.82) is 0 Å². The predicted molar refractivity (Wildman–Crippen MR) is 33.9 cm³/mol. The zero-order chi connectivity index (χ0) is 6.97. The highest BCUT2D eigenvalue weighted by Gasteiger charge is 2.33. The molecule has 0 bridgehead atoms. The number of carbonyl (C=O) groups is 1. The Labute approximate surface area is 57.5 Å². The lowest BCUT2D eigenvalue weighted by Gasteiger charge is -2.03. The summed E-state index contributed by atoms with van der Waals surface area (Å²) >= 11 is 0. The van der Waals surface area contributed by atoms with Gasteiger partial charge in [0.1, 0.15) is 5.92 Å². The predicted octanol–water partition coefficient (Wildman–Crippen LogP) is -0.0201. The van der Waals surface area contributed by atoms with Crippen LogP contribution >= 0.6 is 0 Å². The molecule has 0 aromatic carbocycles. The number of allylic oxidation sites excluding steroid dienone is 1. The Morgan fingerprint density at radius 3 is 3.50 bits per heavy atom. The molecule has 1 amide bonds. The lowest BCUT2D eigenvalue weighted by Crippen LogP contribution is -2.19. The van der Waals surface area contributed by atoms with Crippen LogP contribution < -0.4 is 5.48 Å². The van der Waals surface area contributed by atoms with Crippen molar-refractivity contribution in [3.8, 4) is 0 Å². The van der Waals surface area contributed by atoms with Gasteiger partial charge in [-0.25, -0.2) is 4.99 Å². The maximum Gasteiger partial charge on any atom is 0.265 e. The SMILES string of the molecule is O=C1NOC2=NC=CCC12. The first-order valence-electron chi connectivity index (χ1n) is 3.07. The van der Waals surface area contributed by atoms with Crippen LogP contribution in [0.4, 0.5) is 0 Å². The molecule has 0 aliphatic carbocycles. The van der Waals surface area contributed by atoms with Crippen LogP contribution in [0.3, 0.4) is 0 Å². The standard InChI is InChI=1S/C6H6N2O2/c9-5-4-2-1-3-7-6(4)10-8-5/h1,3-4H,2H2,(H,8,9). The third kappa shape index (κ3) is 0.618. The zero-order valence-electron chi connectivity index (χ0n) is 5.20. The van der Waals surface area contributed by atoms with Gasteiger partial charge in [-0.1, -0.05) is 6.08 Å². The number of rotatable bonds is 0. The highest BCUT2D eigenvalue weighted by molar-refractivity contribution is 6.04. The zero-order valence-corrected chi connectivity index (χ0v) is 5.20. The van der Waals surface area contributed by atoms with E-state index in [4.69, 9.17) is 4.84 Å². The van der Waals surface area contributed by atoms with Crippen molar-refractivity contribution in [3.63, 3.8) is 0 Å². The van der Waals surface area contributed by atoms with Gasteiger partial charge < -0.3 is 4.84 Å². The molecule has 52 valence electrons. The monoisotopic (exact) mass is 138 g/mol. The molecule has 4 heteroatoms. The number of carbonyl (C=O) groups excluding carboxylic acids is 1. The number of fused-ring (bicyclic) bond motifs is 1. The summed E-state index contributed by atoms with van der Waals surface area (Å²) < 4.78 is 0. The van der Waals surface area contributed by atoms with Crippen LogP contribution in [0.5, 0.6) is 0 Å². The average molecular weight is 138 g/mol. The molecule has 0 saturated carbocycles. The van der Waals surface area contributed by atoms with Gasteiger partial charge in [-0.15, -0.1) is 0 Å². The molecule has 4 nitrogen and oxygen atoms in total. The molecule has 1 N–H and O–H groups in total. The van der Waals surface area contributed by atoms with E-state index in [0.717, 1.165) is 0 Å². The Hall–Kier alpha value is -1.32.